The van der Waals surface area contributed by atoms with Crippen LogP contribution < -0.4 is 15.0 Å². The van der Waals surface area contributed by atoms with Crippen molar-refractivity contribution in [3.8, 4) is 5.75 Å². The fourth-order valence-electron chi connectivity index (χ4n) is 4.75. The van der Waals surface area contributed by atoms with Crippen LogP contribution in [0.25, 0.3) is 0 Å². The zero-order chi connectivity index (χ0) is 29.9. The van der Waals surface area contributed by atoms with Crippen molar-refractivity contribution in [2.75, 3.05) is 37.0 Å². The van der Waals surface area contributed by atoms with Gasteiger partial charge in [-0.1, -0.05) is 74.5 Å². The van der Waals surface area contributed by atoms with Crippen molar-refractivity contribution in [3.63, 3.8) is 0 Å². The van der Waals surface area contributed by atoms with Gasteiger partial charge >= 0.3 is 5.97 Å². The number of anilines is 2. The van der Waals surface area contributed by atoms with Crippen molar-refractivity contribution in [1.82, 2.24) is 0 Å². The molecule has 1 unspecified atom stereocenters. The molecule has 0 radical (unpaired) electrons. The third-order valence-corrected chi connectivity index (χ3v) is 6.78. The Kier molecular flexibility index (Phi) is 10.7. The van der Waals surface area contributed by atoms with Gasteiger partial charge in [-0.2, -0.15) is 0 Å². The molecule has 0 aliphatic heterocycles. The summed E-state index contributed by atoms with van der Waals surface area (Å²) in [4.78, 5) is 28.0. The molecule has 0 saturated heterocycles. The smallest absolute Gasteiger partial charge is 0.328 e. The Labute approximate surface area is 247 Å². The first-order valence-electron chi connectivity index (χ1n) is 14.1. The van der Waals surface area contributed by atoms with Crippen LogP contribution in [0.5, 0.6) is 5.75 Å². The van der Waals surface area contributed by atoms with Gasteiger partial charge in [-0.25, -0.2) is 9.18 Å². The van der Waals surface area contributed by atoms with E-state index in [1.165, 1.54) is 13.2 Å². The number of benzene rings is 4. The van der Waals surface area contributed by atoms with Crippen LogP contribution in [-0.4, -0.2) is 44.6 Å². The van der Waals surface area contributed by atoms with Crippen LogP contribution in [0.4, 0.5) is 15.8 Å². The number of halogens is 1. The summed E-state index contributed by atoms with van der Waals surface area (Å²) in [5.41, 5.74) is 3.34. The number of ether oxygens (including phenoxy) is 2. The number of esters is 1. The number of carbonyl (C=O) groups excluding carboxylic acids is 2. The first-order chi connectivity index (χ1) is 20.3. The normalized spacial score (nSPS) is 11.5. The molecular formula is C35H37FN2O4. The number of ketones is 1. The lowest BCUT2D eigenvalue weighted by atomic mass is 10.00. The largest absolute Gasteiger partial charge is 0.492 e. The zero-order valence-electron chi connectivity index (χ0n) is 24.3. The Hall–Kier alpha value is -4.65. The van der Waals surface area contributed by atoms with E-state index >= 15 is 0 Å². The van der Waals surface area contributed by atoms with Gasteiger partial charge in [0, 0.05) is 35.5 Å². The summed E-state index contributed by atoms with van der Waals surface area (Å²) in [6.45, 7) is 6.08. The van der Waals surface area contributed by atoms with E-state index in [0.29, 0.717) is 48.1 Å². The number of nitrogens with one attached hydrogen (secondary N) is 1. The average molecular weight is 569 g/mol. The van der Waals surface area contributed by atoms with E-state index in [1.807, 2.05) is 54.6 Å². The molecule has 42 heavy (non-hydrogen) atoms. The summed E-state index contributed by atoms with van der Waals surface area (Å²) in [5.74, 6) is 0.285. The summed E-state index contributed by atoms with van der Waals surface area (Å²) in [5, 5.41) is 3.23. The maximum absolute atomic E-state index is 13.8. The number of carbonyl (C=O) groups is 2. The monoisotopic (exact) mass is 568 g/mol. The van der Waals surface area contributed by atoms with Gasteiger partial charge in [-0.05, 0) is 53.9 Å². The molecule has 0 bridgehead atoms. The molecule has 4 aromatic carbocycles. The minimum absolute atomic E-state index is 0.131. The van der Waals surface area contributed by atoms with Crippen LogP contribution in [0, 0.1) is 11.7 Å². The van der Waals surface area contributed by atoms with E-state index in [-0.39, 0.29) is 11.6 Å². The molecule has 0 amide bonds. The molecule has 0 heterocycles. The summed E-state index contributed by atoms with van der Waals surface area (Å²) in [6, 6.07) is 29.6. The molecule has 1 atom stereocenters. The van der Waals surface area contributed by atoms with Gasteiger partial charge in [0.15, 0.2) is 5.78 Å². The molecule has 7 heteroatoms. The summed E-state index contributed by atoms with van der Waals surface area (Å²) in [6.07, 6.45) is 0.350. The Balaban J connectivity index is 1.40. The predicted octanol–water partition coefficient (Wildman–Crippen LogP) is 6.79. The highest BCUT2D eigenvalue weighted by molar-refractivity contribution is 6.12. The number of rotatable bonds is 14. The van der Waals surface area contributed by atoms with E-state index in [1.54, 1.807) is 42.5 Å². The standard InChI is InChI=1S/C35H37FN2O4/c1-25(2)24-38(29-13-9-12-28(36)23-29)20-21-42-30-18-16-26(17-19-30)22-33(35(40)41-3)37-32-15-8-7-14-31(32)34(39)27-10-5-4-6-11-27/h4-19,23,25,33,37H,20-22,24H2,1-3H3. The van der Waals surface area contributed by atoms with Gasteiger partial charge < -0.3 is 19.7 Å². The van der Waals surface area contributed by atoms with Crippen LogP contribution >= 0.6 is 0 Å². The second-order valence-corrected chi connectivity index (χ2v) is 10.5. The Morgan fingerprint density at radius 3 is 2.29 bits per heavy atom. The highest BCUT2D eigenvalue weighted by Gasteiger charge is 2.22. The first kappa shape index (κ1) is 30.3. The van der Waals surface area contributed by atoms with Gasteiger partial charge in [0.2, 0.25) is 0 Å². The maximum atomic E-state index is 13.8. The SMILES string of the molecule is COC(=O)C(Cc1ccc(OCCN(CC(C)C)c2cccc(F)c2)cc1)Nc1ccccc1C(=O)c1ccccc1. The third kappa shape index (κ3) is 8.43. The quantitative estimate of drug-likeness (QED) is 0.133. The molecular weight excluding hydrogens is 531 g/mol. The van der Waals surface area contributed by atoms with Gasteiger partial charge in [-0.15, -0.1) is 0 Å². The van der Waals surface area contributed by atoms with E-state index in [0.717, 1.165) is 17.8 Å². The first-order valence-corrected chi connectivity index (χ1v) is 14.1. The van der Waals surface area contributed by atoms with Gasteiger partial charge in [0.25, 0.3) is 0 Å². The third-order valence-electron chi connectivity index (χ3n) is 6.78. The van der Waals surface area contributed by atoms with Crippen LogP contribution in [0.3, 0.4) is 0 Å². The molecule has 218 valence electrons. The van der Waals surface area contributed by atoms with Crippen LogP contribution in [0.15, 0.2) is 103 Å². The molecule has 4 rings (SSSR count). The Morgan fingerprint density at radius 1 is 0.881 bits per heavy atom. The molecule has 0 fully saturated rings. The maximum Gasteiger partial charge on any atom is 0.328 e. The van der Waals surface area contributed by atoms with Gasteiger partial charge in [-0.3, -0.25) is 4.79 Å². The second kappa shape index (κ2) is 14.8. The lowest BCUT2D eigenvalue weighted by Crippen LogP contribution is -2.33. The molecule has 0 saturated carbocycles. The molecule has 1 N–H and O–H groups in total. The number of nitrogens with zero attached hydrogens (tertiary/aromatic N) is 1. The van der Waals surface area contributed by atoms with E-state index in [4.69, 9.17) is 9.47 Å². The predicted molar refractivity (Wildman–Crippen MR) is 165 cm³/mol. The lowest BCUT2D eigenvalue weighted by Gasteiger charge is -2.26. The van der Waals surface area contributed by atoms with Crippen molar-refractivity contribution in [1.29, 1.82) is 0 Å². The number of para-hydroxylation sites is 1. The second-order valence-electron chi connectivity index (χ2n) is 10.5. The van der Waals surface area contributed by atoms with Crippen molar-refractivity contribution < 1.29 is 23.5 Å². The minimum atomic E-state index is -0.706. The van der Waals surface area contributed by atoms with Crippen molar-refractivity contribution >= 4 is 23.1 Å². The summed E-state index contributed by atoms with van der Waals surface area (Å²) in [7, 11) is 1.35. The van der Waals surface area contributed by atoms with Crippen LogP contribution in [0.2, 0.25) is 0 Å². The lowest BCUT2D eigenvalue weighted by molar-refractivity contribution is -0.141. The van der Waals surface area contributed by atoms with Crippen molar-refractivity contribution in [2.24, 2.45) is 5.92 Å². The van der Waals surface area contributed by atoms with Gasteiger partial charge in [0.05, 0.1) is 13.7 Å². The fourth-order valence-corrected chi connectivity index (χ4v) is 4.75. The van der Waals surface area contributed by atoms with E-state index in [9.17, 15) is 14.0 Å². The number of hydrogen-bond donors (Lipinski definition) is 1. The Bertz CT molecular complexity index is 1460. The van der Waals surface area contributed by atoms with Crippen LogP contribution in [0.1, 0.15) is 35.3 Å². The van der Waals surface area contributed by atoms with E-state index < -0.39 is 12.0 Å². The highest BCUT2D eigenvalue weighted by Crippen LogP contribution is 2.23. The Morgan fingerprint density at radius 2 is 1.60 bits per heavy atom. The van der Waals surface area contributed by atoms with E-state index in [2.05, 4.69) is 24.1 Å². The number of hydrogen-bond acceptors (Lipinski definition) is 6. The van der Waals surface area contributed by atoms with Crippen molar-refractivity contribution in [2.45, 2.75) is 26.3 Å². The van der Waals surface area contributed by atoms with Crippen LogP contribution in [-0.2, 0) is 16.0 Å². The van der Waals surface area contributed by atoms with Crippen molar-refractivity contribution in [3.05, 3.63) is 126 Å². The molecule has 4 aromatic rings. The molecule has 0 aliphatic rings. The fraction of sp³-hybridized carbons (Fsp3) is 0.257. The molecule has 0 aliphatic carbocycles. The summed E-state index contributed by atoms with van der Waals surface area (Å²) < 4.78 is 24.9. The minimum Gasteiger partial charge on any atom is -0.492 e. The molecule has 6 nitrogen and oxygen atoms in total. The zero-order valence-corrected chi connectivity index (χ0v) is 24.3. The summed E-state index contributed by atoms with van der Waals surface area (Å²) >= 11 is 0. The highest BCUT2D eigenvalue weighted by atomic mass is 19.1. The molecule has 0 aromatic heterocycles. The topological polar surface area (TPSA) is 67.9 Å². The van der Waals surface area contributed by atoms with Gasteiger partial charge in [0.1, 0.15) is 24.2 Å². The number of methoxy groups -OCH3 is 1. The average Bonchev–Trinajstić information content (AvgIpc) is 3.01. The molecule has 0 spiro atoms.